The third-order valence-electron chi connectivity index (χ3n) is 5.37. The molecule has 1 aliphatic heterocycles. The number of ether oxygens (including phenoxy) is 2. The number of hydrogen-bond acceptors (Lipinski definition) is 8. The van der Waals surface area contributed by atoms with Crippen LogP contribution in [0.2, 0.25) is 5.02 Å². The molecule has 0 saturated carbocycles. The van der Waals surface area contributed by atoms with Gasteiger partial charge in [-0.1, -0.05) is 11.6 Å². The fourth-order valence-electron chi connectivity index (χ4n) is 3.82. The van der Waals surface area contributed by atoms with Gasteiger partial charge in [-0.3, -0.25) is 0 Å². The van der Waals surface area contributed by atoms with E-state index in [9.17, 15) is 25.2 Å². The number of aliphatic hydroxyl groups is 4. The van der Waals surface area contributed by atoms with E-state index in [0.29, 0.717) is 17.6 Å². The number of aryl methyl sites for hydroxylation is 1. The lowest BCUT2D eigenvalue weighted by Crippen LogP contribution is -2.60. The molecule has 1 saturated heterocycles. The van der Waals surface area contributed by atoms with Crippen molar-refractivity contribution < 1.29 is 34.3 Å². The van der Waals surface area contributed by atoms with Gasteiger partial charge in [0.25, 0.3) is 0 Å². The van der Waals surface area contributed by atoms with Crippen molar-refractivity contribution in [2.45, 2.75) is 56.4 Å². The highest BCUT2D eigenvalue weighted by atomic mass is 35.5. The molecule has 0 radical (unpaired) electrons. The van der Waals surface area contributed by atoms with E-state index in [1.54, 1.807) is 6.07 Å². The van der Waals surface area contributed by atoms with Crippen LogP contribution in [0.25, 0.3) is 11.0 Å². The molecule has 1 aromatic heterocycles. The first-order valence-corrected chi connectivity index (χ1v) is 9.53. The molecule has 2 aliphatic rings. The molecule has 0 unspecified atom stereocenters. The van der Waals surface area contributed by atoms with Gasteiger partial charge in [-0.15, -0.1) is 0 Å². The predicted molar refractivity (Wildman–Crippen MR) is 98.5 cm³/mol. The van der Waals surface area contributed by atoms with Crippen LogP contribution in [0.3, 0.4) is 0 Å². The lowest BCUT2D eigenvalue weighted by molar-refractivity contribution is -0.277. The molecule has 0 bridgehead atoms. The van der Waals surface area contributed by atoms with Crippen molar-refractivity contribution in [2.24, 2.45) is 0 Å². The highest BCUT2D eigenvalue weighted by molar-refractivity contribution is 6.32. The highest BCUT2D eigenvalue weighted by Crippen LogP contribution is 2.36. The van der Waals surface area contributed by atoms with Crippen LogP contribution in [0.1, 0.15) is 24.0 Å². The van der Waals surface area contributed by atoms with Crippen LogP contribution in [-0.2, 0) is 17.6 Å². The summed E-state index contributed by atoms with van der Waals surface area (Å²) in [6.45, 7) is -0.572. The zero-order valence-electron chi connectivity index (χ0n) is 14.9. The molecule has 2 aromatic rings. The Bertz CT molecular complexity index is 940. The van der Waals surface area contributed by atoms with Gasteiger partial charge in [-0.2, -0.15) is 0 Å². The van der Waals surface area contributed by atoms with Gasteiger partial charge in [0, 0.05) is 17.0 Å². The van der Waals surface area contributed by atoms with E-state index in [2.05, 4.69) is 0 Å². The second-order valence-corrected chi connectivity index (χ2v) is 7.55. The minimum absolute atomic E-state index is 0.0809. The van der Waals surface area contributed by atoms with E-state index in [0.717, 1.165) is 30.2 Å². The highest BCUT2D eigenvalue weighted by Gasteiger charge is 2.44. The summed E-state index contributed by atoms with van der Waals surface area (Å²) in [5, 5.41) is 40.1. The van der Waals surface area contributed by atoms with Crippen LogP contribution < -0.4 is 10.4 Å². The fraction of sp³-hybridized carbons (Fsp3) is 0.526. The van der Waals surface area contributed by atoms with Crippen molar-refractivity contribution >= 4 is 22.6 Å². The first-order valence-electron chi connectivity index (χ1n) is 9.16. The van der Waals surface area contributed by atoms with E-state index < -0.39 is 37.3 Å². The summed E-state index contributed by atoms with van der Waals surface area (Å²) in [5.41, 5.74) is 1.52. The summed E-state index contributed by atoms with van der Waals surface area (Å²) in [6, 6.07) is 3.08. The molecule has 1 aliphatic carbocycles. The van der Waals surface area contributed by atoms with Crippen LogP contribution in [0.15, 0.2) is 21.3 Å². The topological polar surface area (TPSA) is 130 Å². The van der Waals surface area contributed by atoms with Crippen LogP contribution >= 0.6 is 11.6 Å². The Kier molecular flexibility index (Phi) is 5.34. The monoisotopic (exact) mass is 412 g/mol. The summed E-state index contributed by atoms with van der Waals surface area (Å²) in [6.07, 6.45) is -3.75. The normalized spacial score (nSPS) is 30.2. The summed E-state index contributed by atoms with van der Waals surface area (Å²) >= 11 is 6.34. The van der Waals surface area contributed by atoms with Crippen molar-refractivity contribution in [1.82, 2.24) is 0 Å². The number of halogens is 1. The van der Waals surface area contributed by atoms with Gasteiger partial charge < -0.3 is 34.3 Å². The van der Waals surface area contributed by atoms with Gasteiger partial charge in [-0.25, -0.2) is 4.79 Å². The molecule has 0 spiro atoms. The van der Waals surface area contributed by atoms with Crippen molar-refractivity contribution in [1.29, 1.82) is 0 Å². The largest absolute Gasteiger partial charge is 0.460 e. The van der Waals surface area contributed by atoms with Gasteiger partial charge in [0.05, 0.1) is 11.6 Å². The zero-order valence-corrected chi connectivity index (χ0v) is 15.6. The predicted octanol–water partition coefficient (Wildman–Crippen LogP) is 0.504. The van der Waals surface area contributed by atoms with Gasteiger partial charge in [0.15, 0.2) is 0 Å². The SMILES string of the molecule is O=c1oc2cc(O[C@@H]3O[C@H](CO)[C@@H](O)[C@H](O)[C@H]3O)c(Cl)cc2c2c1CCCC2. The second-order valence-electron chi connectivity index (χ2n) is 7.15. The van der Waals surface area contributed by atoms with Gasteiger partial charge in [0.2, 0.25) is 6.29 Å². The Morgan fingerprint density at radius 1 is 1.07 bits per heavy atom. The molecule has 0 amide bonds. The van der Waals surface area contributed by atoms with E-state index in [-0.39, 0.29) is 16.4 Å². The molecule has 1 aromatic carbocycles. The first kappa shape index (κ1) is 19.6. The summed E-state index contributed by atoms with van der Waals surface area (Å²) in [5.74, 6) is 0.0809. The molecular weight excluding hydrogens is 392 g/mol. The molecule has 1 fully saturated rings. The third-order valence-corrected chi connectivity index (χ3v) is 5.66. The minimum atomic E-state index is -1.57. The van der Waals surface area contributed by atoms with Crippen LogP contribution in [-0.4, -0.2) is 57.7 Å². The maximum atomic E-state index is 12.3. The quantitative estimate of drug-likeness (QED) is 0.536. The summed E-state index contributed by atoms with van der Waals surface area (Å²) < 4.78 is 16.4. The van der Waals surface area contributed by atoms with E-state index in [1.807, 2.05) is 0 Å². The first-order chi connectivity index (χ1) is 13.4. The standard InChI is InChI=1S/C19H21ClO8/c20-11-5-10-8-3-1-2-4-9(8)18(25)26-12(10)6-13(11)27-19-17(24)16(23)15(22)14(7-21)28-19/h5-6,14-17,19,21-24H,1-4,7H2/t14-,15-,16+,17-,19-/m1/s1. The van der Waals surface area contributed by atoms with E-state index in [4.69, 9.17) is 25.5 Å². The van der Waals surface area contributed by atoms with Crippen molar-refractivity contribution in [3.63, 3.8) is 0 Å². The van der Waals surface area contributed by atoms with Crippen molar-refractivity contribution in [3.05, 3.63) is 38.7 Å². The molecule has 4 rings (SSSR count). The minimum Gasteiger partial charge on any atom is -0.460 e. The van der Waals surface area contributed by atoms with Gasteiger partial charge in [-0.05, 0) is 37.3 Å². The molecular formula is C19H21ClO8. The number of aliphatic hydroxyl groups excluding tert-OH is 4. The maximum Gasteiger partial charge on any atom is 0.339 e. The molecule has 9 heteroatoms. The Labute approximate surface area is 164 Å². The smallest absolute Gasteiger partial charge is 0.339 e. The zero-order chi connectivity index (χ0) is 20.0. The van der Waals surface area contributed by atoms with Crippen LogP contribution in [0.4, 0.5) is 0 Å². The van der Waals surface area contributed by atoms with E-state index in [1.165, 1.54) is 6.07 Å². The molecule has 8 nitrogen and oxygen atoms in total. The Morgan fingerprint density at radius 3 is 2.50 bits per heavy atom. The lowest BCUT2D eigenvalue weighted by Gasteiger charge is -2.39. The van der Waals surface area contributed by atoms with Gasteiger partial charge in [0.1, 0.15) is 35.7 Å². The number of fused-ring (bicyclic) bond motifs is 3. The Hall–Kier alpha value is -1.68. The molecule has 4 N–H and O–H groups in total. The van der Waals surface area contributed by atoms with Crippen LogP contribution in [0.5, 0.6) is 5.75 Å². The number of rotatable bonds is 3. The van der Waals surface area contributed by atoms with Gasteiger partial charge >= 0.3 is 5.63 Å². The molecule has 152 valence electrons. The Morgan fingerprint density at radius 2 is 1.79 bits per heavy atom. The molecule has 5 atom stereocenters. The maximum absolute atomic E-state index is 12.3. The molecule has 28 heavy (non-hydrogen) atoms. The fourth-order valence-corrected chi connectivity index (χ4v) is 4.03. The average Bonchev–Trinajstić information content (AvgIpc) is 2.70. The molecule has 2 heterocycles. The lowest BCUT2D eigenvalue weighted by atomic mass is 9.90. The van der Waals surface area contributed by atoms with Crippen molar-refractivity contribution in [3.8, 4) is 5.75 Å². The second kappa shape index (κ2) is 7.62. The Balaban J connectivity index is 1.70. The number of benzene rings is 1. The summed E-state index contributed by atoms with van der Waals surface area (Å²) in [7, 11) is 0. The average molecular weight is 413 g/mol. The van der Waals surface area contributed by atoms with Crippen molar-refractivity contribution in [2.75, 3.05) is 6.61 Å². The third kappa shape index (κ3) is 3.30. The summed E-state index contributed by atoms with van der Waals surface area (Å²) in [4.78, 5) is 12.3. The number of hydrogen-bond donors (Lipinski definition) is 4. The van der Waals surface area contributed by atoms with Crippen LogP contribution in [0, 0.1) is 0 Å². The van der Waals surface area contributed by atoms with E-state index >= 15 is 0 Å².